The Morgan fingerprint density at radius 1 is 1.12 bits per heavy atom. The molecule has 0 atom stereocenters. The Morgan fingerprint density at radius 2 is 1.84 bits per heavy atom. The van der Waals surface area contributed by atoms with Gasteiger partial charge in [-0.2, -0.15) is 0 Å². The fourth-order valence-corrected chi connectivity index (χ4v) is 3.63. The molecule has 0 saturated heterocycles. The quantitative estimate of drug-likeness (QED) is 0.514. The number of thioether (sulfide) groups is 1. The number of carbonyl (C=O) groups is 2. The van der Waals surface area contributed by atoms with E-state index in [2.05, 4.69) is 15.0 Å². The number of carbonyl (C=O) groups excluding carboxylic acids is 2. The molecule has 25 heavy (non-hydrogen) atoms. The average molecular weight is 353 g/mol. The van der Waals surface area contributed by atoms with E-state index in [1.807, 2.05) is 37.3 Å². The van der Waals surface area contributed by atoms with Crippen molar-refractivity contribution in [3.63, 3.8) is 0 Å². The van der Waals surface area contributed by atoms with E-state index in [-0.39, 0.29) is 17.3 Å². The van der Waals surface area contributed by atoms with Crippen molar-refractivity contribution in [3.05, 3.63) is 59.0 Å². The molecule has 0 aliphatic carbocycles. The first-order chi connectivity index (χ1) is 12.0. The third kappa shape index (κ3) is 3.58. The van der Waals surface area contributed by atoms with E-state index < -0.39 is 0 Å². The van der Waals surface area contributed by atoms with Crippen molar-refractivity contribution in [2.45, 2.75) is 25.9 Å². The summed E-state index contributed by atoms with van der Waals surface area (Å²) in [7, 11) is 0. The summed E-state index contributed by atoms with van der Waals surface area (Å²) in [5, 5.41) is 0.694. The SMILES string of the molecule is CC(=O)c1c(C)[nH]c(C(=O)CSc2ncc(-c3ccccc3)[nH]2)c1C. The van der Waals surface area contributed by atoms with E-state index in [0.717, 1.165) is 22.5 Å². The summed E-state index contributed by atoms with van der Waals surface area (Å²) in [6.45, 7) is 5.13. The number of H-pyrrole nitrogens is 2. The average Bonchev–Trinajstić information content (AvgIpc) is 3.18. The van der Waals surface area contributed by atoms with Crippen LogP contribution in [0.2, 0.25) is 0 Å². The molecule has 0 amide bonds. The molecule has 0 bridgehead atoms. The van der Waals surface area contributed by atoms with Crippen LogP contribution in [0, 0.1) is 13.8 Å². The highest BCUT2D eigenvalue weighted by atomic mass is 32.2. The molecule has 0 aliphatic rings. The van der Waals surface area contributed by atoms with Crippen LogP contribution in [-0.4, -0.2) is 32.3 Å². The lowest BCUT2D eigenvalue weighted by Gasteiger charge is -2.00. The summed E-state index contributed by atoms with van der Waals surface area (Å²) in [5.41, 5.74) is 4.54. The Balaban J connectivity index is 1.70. The first-order valence-electron chi connectivity index (χ1n) is 7.94. The zero-order valence-electron chi connectivity index (χ0n) is 14.3. The number of aryl methyl sites for hydroxylation is 1. The van der Waals surface area contributed by atoms with Gasteiger partial charge in [0.25, 0.3) is 0 Å². The van der Waals surface area contributed by atoms with Crippen molar-refractivity contribution in [1.29, 1.82) is 0 Å². The van der Waals surface area contributed by atoms with Gasteiger partial charge in [-0.15, -0.1) is 0 Å². The van der Waals surface area contributed by atoms with Crippen LogP contribution in [0.3, 0.4) is 0 Å². The third-order valence-electron chi connectivity index (χ3n) is 4.05. The molecular weight excluding hydrogens is 334 g/mol. The van der Waals surface area contributed by atoms with Crippen LogP contribution in [-0.2, 0) is 0 Å². The number of Topliss-reactive ketones (excluding diaryl/α,β-unsaturated/α-hetero) is 2. The second-order valence-electron chi connectivity index (χ2n) is 5.86. The Hall–Kier alpha value is -2.60. The normalized spacial score (nSPS) is 10.8. The molecule has 0 radical (unpaired) electrons. The van der Waals surface area contributed by atoms with Crippen LogP contribution in [0.4, 0.5) is 0 Å². The number of nitrogens with zero attached hydrogens (tertiary/aromatic N) is 1. The topological polar surface area (TPSA) is 78.6 Å². The molecule has 2 N–H and O–H groups in total. The number of aromatic nitrogens is 3. The largest absolute Gasteiger partial charge is 0.355 e. The smallest absolute Gasteiger partial charge is 0.189 e. The van der Waals surface area contributed by atoms with Gasteiger partial charge < -0.3 is 9.97 Å². The molecule has 0 saturated carbocycles. The molecule has 5 nitrogen and oxygen atoms in total. The minimum atomic E-state index is -0.0456. The highest BCUT2D eigenvalue weighted by Crippen LogP contribution is 2.24. The van der Waals surface area contributed by atoms with Gasteiger partial charge in [0, 0.05) is 11.3 Å². The standard InChI is InChI=1S/C19H19N3O2S/c1-11-17(13(3)23)12(2)21-18(11)16(24)10-25-19-20-9-15(22-19)14-7-5-4-6-8-14/h4-9,21H,10H2,1-3H3,(H,20,22). The van der Waals surface area contributed by atoms with Crippen LogP contribution in [0.1, 0.15) is 39.0 Å². The van der Waals surface area contributed by atoms with Crippen molar-refractivity contribution < 1.29 is 9.59 Å². The lowest BCUT2D eigenvalue weighted by molar-refractivity contribution is 0.101. The molecule has 0 fully saturated rings. The molecule has 0 aliphatic heterocycles. The van der Waals surface area contributed by atoms with Crippen LogP contribution in [0.15, 0.2) is 41.7 Å². The minimum Gasteiger partial charge on any atom is -0.355 e. The molecule has 0 spiro atoms. The van der Waals surface area contributed by atoms with Crippen molar-refractivity contribution in [1.82, 2.24) is 15.0 Å². The van der Waals surface area contributed by atoms with Crippen LogP contribution in [0.25, 0.3) is 11.3 Å². The molecule has 3 aromatic rings. The van der Waals surface area contributed by atoms with Gasteiger partial charge in [0.15, 0.2) is 16.7 Å². The number of hydrogen-bond donors (Lipinski definition) is 2. The number of nitrogens with one attached hydrogen (secondary N) is 2. The summed E-state index contributed by atoms with van der Waals surface area (Å²) in [4.78, 5) is 34.8. The predicted molar refractivity (Wildman–Crippen MR) is 99.3 cm³/mol. The van der Waals surface area contributed by atoms with Crippen LogP contribution < -0.4 is 0 Å². The molecule has 0 unspecified atom stereocenters. The highest BCUT2D eigenvalue weighted by Gasteiger charge is 2.20. The fourth-order valence-electron chi connectivity index (χ4n) is 2.90. The maximum absolute atomic E-state index is 12.5. The zero-order chi connectivity index (χ0) is 18.0. The zero-order valence-corrected chi connectivity index (χ0v) is 15.2. The molecule has 1 aromatic carbocycles. The summed E-state index contributed by atoms with van der Waals surface area (Å²) < 4.78 is 0. The Kier molecular flexibility index (Phi) is 4.90. The molecule has 128 valence electrons. The van der Waals surface area contributed by atoms with Gasteiger partial charge in [-0.05, 0) is 31.9 Å². The van der Waals surface area contributed by atoms with E-state index in [1.165, 1.54) is 18.7 Å². The monoisotopic (exact) mass is 353 g/mol. The first-order valence-corrected chi connectivity index (χ1v) is 8.92. The van der Waals surface area contributed by atoms with Gasteiger partial charge >= 0.3 is 0 Å². The van der Waals surface area contributed by atoms with Crippen molar-refractivity contribution in [3.8, 4) is 11.3 Å². The number of ketones is 2. The van der Waals surface area contributed by atoms with Crippen molar-refractivity contribution in [2.24, 2.45) is 0 Å². The van der Waals surface area contributed by atoms with E-state index in [1.54, 1.807) is 13.1 Å². The summed E-state index contributed by atoms with van der Waals surface area (Å²) in [5.74, 6) is 0.173. The molecular formula is C19H19N3O2S. The van der Waals surface area contributed by atoms with Gasteiger partial charge in [0.2, 0.25) is 0 Å². The Labute approximate surface area is 150 Å². The van der Waals surface area contributed by atoms with Crippen LogP contribution in [0.5, 0.6) is 0 Å². The highest BCUT2D eigenvalue weighted by molar-refractivity contribution is 7.99. The number of hydrogen-bond acceptors (Lipinski definition) is 4. The summed E-state index contributed by atoms with van der Waals surface area (Å²) >= 11 is 1.35. The molecule has 3 rings (SSSR count). The van der Waals surface area contributed by atoms with Gasteiger partial charge in [-0.3, -0.25) is 9.59 Å². The Bertz CT molecular complexity index is 926. The third-order valence-corrected chi connectivity index (χ3v) is 4.93. The maximum atomic E-state index is 12.5. The van der Waals surface area contributed by atoms with Gasteiger partial charge in [0.05, 0.1) is 23.3 Å². The van der Waals surface area contributed by atoms with Crippen molar-refractivity contribution >= 4 is 23.3 Å². The van der Waals surface area contributed by atoms with E-state index >= 15 is 0 Å². The van der Waals surface area contributed by atoms with E-state index in [9.17, 15) is 9.59 Å². The number of imidazole rings is 1. The second kappa shape index (κ2) is 7.11. The second-order valence-corrected chi connectivity index (χ2v) is 6.83. The van der Waals surface area contributed by atoms with Crippen molar-refractivity contribution in [2.75, 3.05) is 5.75 Å². The number of aromatic amines is 2. The lowest BCUT2D eigenvalue weighted by atomic mass is 10.1. The lowest BCUT2D eigenvalue weighted by Crippen LogP contribution is -2.05. The first kappa shape index (κ1) is 17.2. The fraction of sp³-hybridized carbons (Fsp3) is 0.211. The minimum absolute atomic E-state index is 0.0310. The molecule has 2 aromatic heterocycles. The predicted octanol–water partition coefficient (Wildman–Crippen LogP) is 4.20. The number of benzene rings is 1. The maximum Gasteiger partial charge on any atom is 0.189 e. The molecule has 2 heterocycles. The van der Waals surface area contributed by atoms with Crippen LogP contribution >= 0.6 is 11.8 Å². The van der Waals surface area contributed by atoms with Gasteiger partial charge in [-0.1, -0.05) is 42.1 Å². The summed E-state index contributed by atoms with van der Waals surface area (Å²) in [6.07, 6.45) is 1.76. The Morgan fingerprint density at radius 3 is 2.48 bits per heavy atom. The van der Waals surface area contributed by atoms with Gasteiger partial charge in [-0.25, -0.2) is 4.98 Å². The molecule has 6 heteroatoms. The number of rotatable bonds is 6. The van der Waals surface area contributed by atoms with E-state index in [0.29, 0.717) is 16.4 Å². The van der Waals surface area contributed by atoms with Gasteiger partial charge in [0.1, 0.15) is 0 Å². The van der Waals surface area contributed by atoms with E-state index in [4.69, 9.17) is 0 Å². The summed E-state index contributed by atoms with van der Waals surface area (Å²) in [6, 6.07) is 9.90.